The van der Waals surface area contributed by atoms with Gasteiger partial charge in [0, 0.05) is 28.6 Å². The van der Waals surface area contributed by atoms with Crippen molar-refractivity contribution in [2.75, 3.05) is 0 Å². The molecule has 0 N–H and O–H groups in total. The van der Waals surface area contributed by atoms with Crippen LogP contribution in [0.1, 0.15) is 0 Å². The molecule has 4 heteroatoms. The van der Waals surface area contributed by atoms with Crippen LogP contribution in [0.5, 0.6) is 0 Å². The predicted molar refractivity (Wildman–Crippen MR) is 240 cm³/mol. The Bertz CT molecular complexity index is 3260. The topological polar surface area (TPSA) is 35.1 Å². The molecule has 0 bridgehead atoms. The van der Waals surface area contributed by atoms with Crippen LogP contribution in [0.2, 0.25) is 0 Å². The monoisotopic (exact) mass is 740 g/mol. The maximum absolute atomic E-state index is 5.13. The number of hydrogen-bond acceptors (Lipinski definition) is 2. The normalized spacial score (nSPS) is 11.4. The van der Waals surface area contributed by atoms with Crippen LogP contribution in [0, 0.1) is 0 Å². The van der Waals surface area contributed by atoms with Crippen LogP contribution in [0.3, 0.4) is 0 Å². The molecule has 8 aromatic carbocycles. The van der Waals surface area contributed by atoms with Crippen molar-refractivity contribution in [3.8, 4) is 73.0 Å². The molecule has 0 unspecified atom stereocenters. The highest BCUT2D eigenvalue weighted by atomic mass is 15.1. The highest BCUT2D eigenvalue weighted by Gasteiger charge is 2.18. The van der Waals surface area contributed by atoms with E-state index in [9.17, 15) is 0 Å². The third-order valence-corrected chi connectivity index (χ3v) is 11.1. The van der Waals surface area contributed by atoms with Gasteiger partial charge in [-0.05, 0) is 105 Å². The number of para-hydroxylation sites is 3. The molecular weight excluding hydrogens is 705 g/mol. The molecule has 3 heterocycles. The molecular formula is C54H36N4. The lowest BCUT2D eigenvalue weighted by Crippen LogP contribution is -1.97. The Kier molecular flexibility index (Phi) is 8.11. The van der Waals surface area contributed by atoms with Gasteiger partial charge in [0.15, 0.2) is 0 Å². The summed E-state index contributed by atoms with van der Waals surface area (Å²) < 4.78 is 4.45. The summed E-state index contributed by atoms with van der Waals surface area (Å²) in [6.07, 6.45) is 2.11. The van der Waals surface area contributed by atoms with Gasteiger partial charge in [-0.2, -0.15) is 0 Å². The van der Waals surface area contributed by atoms with Crippen molar-refractivity contribution in [2.24, 2.45) is 0 Å². The fourth-order valence-electron chi connectivity index (χ4n) is 8.38. The minimum atomic E-state index is 0.920. The molecule has 0 spiro atoms. The first-order valence-electron chi connectivity index (χ1n) is 19.7. The number of hydrogen-bond donors (Lipinski definition) is 0. The second-order valence-corrected chi connectivity index (χ2v) is 14.7. The number of fused-ring (bicyclic) bond motifs is 3. The van der Waals surface area contributed by atoms with Crippen molar-refractivity contribution in [1.82, 2.24) is 18.9 Å². The van der Waals surface area contributed by atoms with Gasteiger partial charge < -0.3 is 0 Å². The average molecular weight is 741 g/mol. The third kappa shape index (κ3) is 5.87. The van der Waals surface area contributed by atoms with Gasteiger partial charge in [-0.3, -0.25) is 8.97 Å². The molecule has 11 aromatic rings. The minimum Gasteiger partial charge on any atom is -0.299 e. The zero-order valence-corrected chi connectivity index (χ0v) is 31.6. The van der Waals surface area contributed by atoms with Gasteiger partial charge in [0.2, 0.25) is 0 Å². The molecule has 0 fully saturated rings. The summed E-state index contributed by atoms with van der Waals surface area (Å²) in [5, 5.41) is 2.45. The number of nitrogens with zero attached hydrogens (tertiary/aromatic N) is 4. The first kappa shape index (κ1) is 33.5. The molecule has 0 saturated heterocycles. The Balaban J connectivity index is 1.07. The maximum atomic E-state index is 5.13. The first-order valence-corrected chi connectivity index (χ1v) is 19.7. The Morgan fingerprint density at radius 2 is 1.00 bits per heavy atom. The molecule has 0 aliphatic rings. The van der Waals surface area contributed by atoms with Gasteiger partial charge in [0.05, 0.1) is 22.4 Å². The maximum Gasteiger partial charge on any atom is 0.145 e. The minimum absolute atomic E-state index is 0.920. The van der Waals surface area contributed by atoms with Crippen molar-refractivity contribution in [2.45, 2.75) is 0 Å². The van der Waals surface area contributed by atoms with E-state index in [4.69, 9.17) is 9.97 Å². The second-order valence-electron chi connectivity index (χ2n) is 14.7. The zero-order chi connectivity index (χ0) is 38.4. The van der Waals surface area contributed by atoms with Gasteiger partial charge in [0.25, 0.3) is 0 Å². The number of rotatable bonds is 7. The van der Waals surface area contributed by atoms with Crippen LogP contribution < -0.4 is 0 Å². The molecule has 11 rings (SSSR count). The molecule has 58 heavy (non-hydrogen) atoms. The van der Waals surface area contributed by atoms with Gasteiger partial charge >= 0.3 is 0 Å². The molecule has 0 radical (unpaired) electrons. The number of aromatic nitrogens is 4. The van der Waals surface area contributed by atoms with Crippen molar-refractivity contribution >= 4 is 27.5 Å². The number of pyridine rings is 1. The fraction of sp³-hybridized carbons (Fsp3) is 0. The molecule has 0 aliphatic heterocycles. The van der Waals surface area contributed by atoms with E-state index in [-0.39, 0.29) is 0 Å². The molecule has 0 amide bonds. The van der Waals surface area contributed by atoms with E-state index in [1.807, 2.05) is 12.1 Å². The van der Waals surface area contributed by atoms with Gasteiger partial charge in [-0.15, -0.1) is 0 Å². The van der Waals surface area contributed by atoms with E-state index in [0.29, 0.717) is 0 Å². The van der Waals surface area contributed by atoms with Crippen molar-refractivity contribution in [3.05, 3.63) is 219 Å². The third-order valence-electron chi connectivity index (χ3n) is 11.1. The molecule has 4 nitrogen and oxygen atoms in total. The van der Waals surface area contributed by atoms with E-state index >= 15 is 0 Å². The smallest absolute Gasteiger partial charge is 0.145 e. The number of imidazole rings is 2. The summed E-state index contributed by atoms with van der Waals surface area (Å²) in [4.78, 5) is 10.2. The molecule has 3 aromatic heterocycles. The first-order chi connectivity index (χ1) is 28.7. The molecule has 272 valence electrons. The van der Waals surface area contributed by atoms with E-state index in [2.05, 4.69) is 215 Å². The van der Waals surface area contributed by atoms with Crippen LogP contribution in [0.15, 0.2) is 219 Å². The van der Waals surface area contributed by atoms with Crippen molar-refractivity contribution in [3.63, 3.8) is 0 Å². The van der Waals surface area contributed by atoms with E-state index < -0.39 is 0 Å². The summed E-state index contributed by atoms with van der Waals surface area (Å²) in [7, 11) is 0. The predicted octanol–water partition coefficient (Wildman–Crippen LogP) is 13.8. The molecule has 0 aliphatic carbocycles. The SMILES string of the molecule is c1ccc(-c2nc3ccccn3c2-c2cccc(-c3cc(-c4ccc(-c5nc6ccccc6n5-c5ccccc5)cc4)cc(-c4cccc5ccccc45)c3)c2)cc1. The highest BCUT2D eigenvalue weighted by Crippen LogP contribution is 2.39. The van der Waals surface area contributed by atoms with E-state index in [1.54, 1.807) is 0 Å². The quantitative estimate of drug-likeness (QED) is 0.163. The largest absolute Gasteiger partial charge is 0.299 e. The van der Waals surface area contributed by atoms with Crippen molar-refractivity contribution in [1.29, 1.82) is 0 Å². The fourth-order valence-corrected chi connectivity index (χ4v) is 8.38. The van der Waals surface area contributed by atoms with E-state index in [1.165, 1.54) is 21.9 Å². The Morgan fingerprint density at radius 3 is 1.86 bits per heavy atom. The lowest BCUT2D eigenvalue weighted by Gasteiger charge is -2.15. The summed E-state index contributed by atoms with van der Waals surface area (Å²) in [6, 6.07) is 75.5. The average Bonchev–Trinajstić information content (AvgIpc) is 3.89. The highest BCUT2D eigenvalue weighted by molar-refractivity contribution is 5.98. The van der Waals surface area contributed by atoms with Gasteiger partial charge in [-0.1, -0.05) is 152 Å². The standard InChI is InChI=1S/C54H36N4/c1-3-16-39(17-4-1)52-53(57-32-12-11-27-51(57)56-52)42-20-13-19-41(33-42)44-34-43(35-45(36-44)48-24-14-18-38-15-7-8-23-47(38)48)37-28-30-40(31-29-37)54-55-49-25-9-10-26-50(49)58(54)46-21-5-2-6-22-46/h1-36H. The summed E-state index contributed by atoms with van der Waals surface area (Å²) in [5.74, 6) is 0.920. The van der Waals surface area contributed by atoms with Crippen LogP contribution in [0.4, 0.5) is 0 Å². The number of benzene rings is 8. The van der Waals surface area contributed by atoms with Gasteiger partial charge in [0.1, 0.15) is 11.5 Å². The lowest BCUT2D eigenvalue weighted by molar-refractivity contribution is 1.10. The van der Waals surface area contributed by atoms with Crippen LogP contribution in [-0.4, -0.2) is 18.9 Å². The van der Waals surface area contributed by atoms with Crippen LogP contribution in [0.25, 0.3) is 100 Å². The summed E-state index contributed by atoms with van der Waals surface area (Å²) in [5.41, 5.74) is 16.3. The lowest BCUT2D eigenvalue weighted by atomic mass is 9.90. The molecule has 0 atom stereocenters. The second kappa shape index (κ2) is 14.0. The Hall–Kier alpha value is -7.82. The van der Waals surface area contributed by atoms with Gasteiger partial charge in [-0.25, -0.2) is 9.97 Å². The molecule has 0 saturated carbocycles. The summed E-state index contributed by atoms with van der Waals surface area (Å²) in [6.45, 7) is 0. The van der Waals surface area contributed by atoms with Crippen LogP contribution >= 0.6 is 0 Å². The Labute approximate surface area is 336 Å². The summed E-state index contributed by atoms with van der Waals surface area (Å²) >= 11 is 0. The van der Waals surface area contributed by atoms with Crippen LogP contribution in [-0.2, 0) is 0 Å². The zero-order valence-electron chi connectivity index (χ0n) is 31.6. The van der Waals surface area contributed by atoms with Crippen molar-refractivity contribution < 1.29 is 0 Å². The Morgan fingerprint density at radius 1 is 0.379 bits per heavy atom. The van der Waals surface area contributed by atoms with E-state index in [0.717, 1.165) is 78.5 Å².